The maximum atomic E-state index is 10.8. The number of carbonyl (C=O) groups is 1. The van der Waals surface area contributed by atoms with Crippen LogP contribution >= 0.6 is 0 Å². The fraction of sp³-hybridized carbons (Fsp3) is 0.500. The average molecular weight is 256 g/mol. The zero-order valence-electron chi connectivity index (χ0n) is 11.6. The van der Waals surface area contributed by atoms with Crippen molar-refractivity contribution in [3.05, 3.63) is 29.3 Å². The topological polar surface area (TPSA) is 44.1 Å². The Balaban J connectivity index is 2.26. The number of carbonyl (C=O) groups excluding carboxylic acids is 1. The molecule has 100 valence electrons. The highest BCUT2D eigenvalue weighted by molar-refractivity contribution is 5.78. The summed E-state index contributed by atoms with van der Waals surface area (Å²) in [6, 6.07) is 8.20. The normalized spacial score (nSPS) is 14.2. The van der Waals surface area contributed by atoms with Crippen molar-refractivity contribution in [3.8, 4) is 6.07 Å². The van der Waals surface area contributed by atoms with Crippen LogP contribution in [-0.4, -0.2) is 18.9 Å². The van der Waals surface area contributed by atoms with Gasteiger partial charge in [-0.1, -0.05) is 13.8 Å². The minimum Gasteiger partial charge on any atom is -0.367 e. The lowest BCUT2D eigenvalue weighted by Gasteiger charge is -2.26. The number of nitrogens with zero attached hydrogens (tertiary/aromatic N) is 2. The second-order valence-corrected chi connectivity index (χ2v) is 5.61. The molecule has 1 fully saturated rings. The third-order valence-electron chi connectivity index (χ3n) is 3.52. The number of benzene rings is 1. The van der Waals surface area contributed by atoms with Gasteiger partial charge < -0.3 is 4.90 Å². The van der Waals surface area contributed by atoms with Gasteiger partial charge in [-0.25, -0.2) is 0 Å². The first-order valence-corrected chi connectivity index (χ1v) is 6.91. The van der Waals surface area contributed by atoms with Crippen molar-refractivity contribution < 1.29 is 4.79 Å². The first-order chi connectivity index (χ1) is 9.15. The average Bonchev–Trinajstić information content (AvgIpc) is 3.23. The van der Waals surface area contributed by atoms with Gasteiger partial charge in [-0.2, -0.15) is 5.26 Å². The van der Waals surface area contributed by atoms with Gasteiger partial charge in [0.1, 0.15) is 12.4 Å². The Morgan fingerprint density at radius 2 is 2.21 bits per heavy atom. The van der Waals surface area contributed by atoms with Crippen LogP contribution in [0.1, 0.15) is 49.0 Å². The lowest BCUT2D eigenvalue weighted by Crippen LogP contribution is -2.28. The Morgan fingerprint density at radius 1 is 1.47 bits per heavy atom. The molecule has 2 rings (SSSR count). The Morgan fingerprint density at radius 3 is 2.74 bits per heavy atom. The van der Waals surface area contributed by atoms with Gasteiger partial charge in [-0.05, 0) is 43.4 Å². The number of aldehydes is 1. The van der Waals surface area contributed by atoms with Crippen molar-refractivity contribution in [2.75, 3.05) is 11.4 Å². The summed E-state index contributed by atoms with van der Waals surface area (Å²) in [7, 11) is 0. The molecule has 1 aliphatic carbocycles. The van der Waals surface area contributed by atoms with E-state index in [1.165, 1.54) is 12.8 Å². The summed E-state index contributed by atoms with van der Waals surface area (Å²) in [5.41, 5.74) is 2.16. The summed E-state index contributed by atoms with van der Waals surface area (Å²) in [6.07, 6.45) is 4.33. The summed E-state index contributed by atoms with van der Waals surface area (Å²) in [4.78, 5) is 13.1. The van der Waals surface area contributed by atoms with Crippen molar-refractivity contribution in [3.63, 3.8) is 0 Å². The van der Waals surface area contributed by atoms with Crippen LogP contribution in [0.2, 0.25) is 0 Å². The highest BCUT2D eigenvalue weighted by Crippen LogP contribution is 2.34. The van der Waals surface area contributed by atoms with Crippen LogP contribution in [0, 0.1) is 17.2 Å². The van der Waals surface area contributed by atoms with E-state index >= 15 is 0 Å². The quantitative estimate of drug-likeness (QED) is 0.733. The molecule has 0 atom stereocenters. The number of rotatable bonds is 6. The Kier molecular flexibility index (Phi) is 4.21. The molecule has 0 spiro atoms. The standard InChI is InChI=1S/C16H20N2O/c1-12(2)7-8-18(15-4-5-15)16-6-3-13(11-19)9-14(16)10-17/h3,6,9,11-12,15H,4-5,7-8H2,1-2H3. The lowest BCUT2D eigenvalue weighted by atomic mass is 10.1. The Hall–Kier alpha value is -1.82. The third-order valence-corrected chi connectivity index (χ3v) is 3.52. The van der Waals surface area contributed by atoms with Crippen molar-refractivity contribution in [2.45, 2.75) is 39.2 Å². The predicted molar refractivity (Wildman–Crippen MR) is 76.4 cm³/mol. The fourth-order valence-corrected chi connectivity index (χ4v) is 2.25. The highest BCUT2D eigenvalue weighted by atomic mass is 16.1. The van der Waals surface area contributed by atoms with Crippen LogP contribution in [0.15, 0.2) is 18.2 Å². The van der Waals surface area contributed by atoms with Gasteiger partial charge in [0.05, 0.1) is 11.3 Å². The molecule has 0 aliphatic heterocycles. The van der Waals surface area contributed by atoms with Crippen molar-refractivity contribution in [2.24, 2.45) is 5.92 Å². The largest absolute Gasteiger partial charge is 0.367 e. The molecule has 3 heteroatoms. The molecule has 19 heavy (non-hydrogen) atoms. The molecule has 0 heterocycles. The van der Waals surface area contributed by atoms with Gasteiger partial charge in [-0.15, -0.1) is 0 Å². The second-order valence-electron chi connectivity index (χ2n) is 5.61. The van der Waals surface area contributed by atoms with E-state index < -0.39 is 0 Å². The van der Waals surface area contributed by atoms with Crippen LogP contribution in [0.4, 0.5) is 5.69 Å². The van der Waals surface area contributed by atoms with Gasteiger partial charge in [0.2, 0.25) is 0 Å². The molecule has 3 nitrogen and oxygen atoms in total. The van der Waals surface area contributed by atoms with Crippen LogP contribution in [0.3, 0.4) is 0 Å². The molecule has 1 aliphatic rings. The minimum absolute atomic E-state index is 0.569. The summed E-state index contributed by atoms with van der Waals surface area (Å²) in [6.45, 7) is 5.41. The maximum Gasteiger partial charge on any atom is 0.150 e. The predicted octanol–water partition coefficient (Wildman–Crippen LogP) is 3.39. The van der Waals surface area contributed by atoms with Gasteiger partial charge in [0.15, 0.2) is 0 Å². The molecule has 0 amide bonds. The SMILES string of the molecule is CC(C)CCN(c1ccc(C=O)cc1C#N)C1CC1. The summed E-state index contributed by atoms with van der Waals surface area (Å²) in [5.74, 6) is 0.654. The van der Waals surface area contributed by atoms with E-state index in [-0.39, 0.29) is 0 Å². The van der Waals surface area contributed by atoms with Crippen LogP contribution < -0.4 is 4.90 Å². The molecule has 1 saturated carbocycles. The van der Waals surface area contributed by atoms with Crippen LogP contribution in [0.25, 0.3) is 0 Å². The molecule has 0 aromatic heterocycles. The molecule has 0 N–H and O–H groups in total. The number of nitriles is 1. The molecular weight excluding hydrogens is 236 g/mol. The first-order valence-electron chi connectivity index (χ1n) is 6.91. The summed E-state index contributed by atoms with van der Waals surface area (Å²) >= 11 is 0. The van der Waals surface area contributed by atoms with E-state index in [1.807, 2.05) is 6.07 Å². The molecule has 0 unspecified atom stereocenters. The van der Waals surface area contributed by atoms with Crippen LogP contribution in [0.5, 0.6) is 0 Å². The molecule has 1 aromatic rings. The minimum atomic E-state index is 0.569. The molecule has 0 bridgehead atoms. The molecule has 0 radical (unpaired) electrons. The van der Waals surface area contributed by atoms with E-state index in [2.05, 4.69) is 24.8 Å². The highest BCUT2D eigenvalue weighted by Gasteiger charge is 2.30. The monoisotopic (exact) mass is 256 g/mol. The van der Waals surface area contributed by atoms with E-state index in [0.29, 0.717) is 23.1 Å². The molecular formula is C16H20N2O. The summed E-state index contributed by atoms with van der Waals surface area (Å²) < 4.78 is 0. The Labute approximate surface area is 114 Å². The van der Waals surface area contributed by atoms with Gasteiger partial charge in [-0.3, -0.25) is 4.79 Å². The fourth-order valence-electron chi connectivity index (χ4n) is 2.25. The maximum absolute atomic E-state index is 10.8. The Bertz CT molecular complexity index is 498. The number of anilines is 1. The summed E-state index contributed by atoms with van der Waals surface area (Å²) in [5, 5.41) is 9.27. The zero-order valence-corrected chi connectivity index (χ0v) is 11.6. The van der Waals surface area contributed by atoms with E-state index in [4.69, 9.17) is 0 Å². The zero-order chi connectivity index (χ0) is 13.8. The third kappa shape index (κ3) is 3.35. The van der Waals surface area contributed by atoms with Crippen molar-refractivity contribution >= 4 is 12.0 Å². The molecule has 1 aromatic carbocycles. The van der Waals surface area contributed by atoms with Crippen molar-refractivity contribution in [1.82, 2.24) is 0 Å². The number of hydrogen-bond acceptors (Lipinski definition) is 3. The van der Waals surface area contributed by atoms with E-state index in [9.17, 15) is 10.1 Å². The van der Waals surface area contributed by atoms with Crippen molar-refractivity contribution in [1.29, 1.82) is 5.26 Å². The van der Waals surface area contributed by atoms with Gasteiger partial charge in [0, 0.05) is 18.2 Å². The molecule has 0 saturated heterocycles. The smallest absolute Gasteiger partial charge is 0.150 e. The van der Waals surface area contributed by atoms with E-state index in [0.717, 1.165) is 24.9 Å². The van der Waals surface area contributed by atoms with Gasteiger partial charge >= 0.3 is 0 Å². The van der Waals surface area contributed by atoms with E-state index in [1.54, 1.807) is 12.1 Å². The lowest BCUT2D eigenvalue weighted by molar-refractivity contribution is 0.112. The van der Waals surface area contributed by atoms with Gasteiger partial charge in [0.25, 0.3) is 0 Å². The first kappa shape index (κ1) is 13.6. The second kappa shape index (κ2) is 5.88. The van der Waals surface area contributed by atoms with Crippen LogP contribution in [-0.2, 0) is 0 Å². The number of hydrogen-bond donors (Lipinski definition) is 0.